The summed E-state index contributed by atoms with van der Waals surface area (Å²) in [5.74, 6) is 0.163. The molecule has 0 radical (unpaired) electrons. The molecule has 0 saturated carbocycles. The average molecular weight is 306 g/mol. The van der Waals surface area contributed by atoms with Crippen LogP contribution < -0.4 is 4.74 Å². The molecule has 2 heterocycles. The van der Waals surface area contributed by atoms with Crippen molar-refractivity contribution in [2.24, 2.45) is 0 Å². The third kappa shape index (κ3) is 2.97. The summed E-state index contributed by atoms with van der Waals surface area (Å²) in [5, 5.41) is -0.0299. The van der Waals surface area contributed by atoms with E-state index in [-0.39, 0.29) is 17.2 Å². The van der Waals surface area contributed by atoms with Gasteiger partial charge in [0.2, 0.25) is 11.2 Å². The lowest BCUT2D eigenvalue weighted by atomic mass is 10.2. The number of hydrogen-bond acceptors (Lipinski definition) is 5. The van der Waals surface area contributed by atoms with Crippen molar-refractivity contribution in [3.63, 3.8) is 0 Å². The minimum Gasteiger partial charge on any atom is -0.424 e. The van der Waals surface area contributed by atoms with Gasteiger partial charge in [-0.2, -0.15) is 15.0 Å². The SMILES string of the molecule is Cc1ccc(F)cc1Oc1nc(Cl)nc(-n2ccnc2)n1. The van der Waals surface area contributed by atoms with E-state index in [1.54, 1.807) is 30.0 Å². The third-order valence-electron chi connectivity index (χ3n) is 2.66. The smallest absolute Gasteiger partial charge is 0.328 e. The number of halogens is 2. The molecule has 21 heavy (non-hydrogen) atoms. The Balaban J connectivity index is 1.97. The normalized spacial score (nSPS) is 10.6. The van der Waals surface area contributed by atoms with Gasteiger partial charge in [-0.3, -0.25) is 4.57 Å². The summed E-state index contributed by atoms with van der Waals surface area (Å²) in [6.07, 6.45) is 4.75. The van der Waals surface area contributed by atoms with Gasteiger partial charge >= 0.3 is 6.01 Å². The van der Waals surface area contributed by atoms with Crippen molar-refractivity contribution in [3.8, 4) is 17.7 Å². The lowest BCUT2D eigenvalue weighted by molar-refractivity contribution is 0.431. The summed E-state index contributed by atoms with van der Waals surface area (Å²) in [4.78, 5) is 15.9. The van der Waals surface area contributed by atoms with Crippen LogP contribution in [-0.2, 0) is 0 Å². The Bertz CT molecular complexity index is 778. The highest BCUT2D eigenvalue weighted by Gasteiger charge is 2.10. The van der Waals surface area contributed by atoms with Crippen LogP contribution in [0.15, 0.2) is 36.9 Å². The van der Waals surface area contributed by atoms with Gasteiger partial charge in [-0.1, -0.05) is 6.07 Å². The van der Waals surface area contributed by atoms with E-state index in [1.165, 1.54) is 18.5 Å². The minimum atomic E-state index is -0.411. The fraction of sp³-hybridized carbons (Fsp3) is 0.0769. The van der Waals surface area contributed by atoms with Crippen LogP contribution in [0.2, 0.25) is 5.28 Å². The Morgan fingerprint density at radius 1 is 1.24 bits per heavy atom. The zero-order chi connectivity index (χ0) is 14.8. The van der Waals surface area contributed by atoms with E-state index in [4.69, 9.17) is 16.3 Å². The molecule has 0 fully saturated rings. The zero-order valence-corrected chi connectivity index (χ0v) is 11.6. The van der Waals surface area contributed by atoms with Gasteiger partial charge in [0.05, 0.1) is 0 Å². The first-order chi connectivity index (χ1) is 10.1. The molecule has 6 nitrogen and oxygen atoms in total. The molecule has 0 unspecified atom stereocenters. The van der Waals surface area contributed by atoms with E-state index in [9.17, 15) is 4.39 Å². The van der Waals surface area contributed by atoms with E-state index in [2.05, 4.69) is 19.9 Å². The molecule has 0 bridgehead atoms. The molecule has 106 valence electrons. The van der Waals surface area contributed by atoms with Gasteiger partial charge in [0, 0.05) is 18.5 Å². The van der Waals surface area contributed by atoms with E-state index in [0.717, 1.165) is 5.56 Å². The summed E-state index contributed by atoms with van der Waals surface area (Å²) in [5.41, 5.74) is 0.747. The Morgan fingerprint density at radius 2 is 2.10 bits per heavy atom. The monoisotopic (exact) mass is 305 g/mol. The van der Waals surface area contributed by atoms with Gasteiger partial charge in [0.25, 0.3) is 0 Å². The molecule has 3 rings (SSSR count). The number of hydrogen-bond donors (Lipinski definition) is 0. The van der Waals surface area contributed by atoms with Crippen LogP contribution in [0.25, 0.3) is 5.95 Å². The molecule has 0 N–H and O–H groups in total. The highest BCUT2D eigenvalue weighted by Crippen LogP contribution is 2.24. The minimum absolute atomic E-state index is 0.0209. The first-order valence-corrected chi connectivity index (χ1v) is 6.33. The lowest BCUT2D eigenvalue weighted by Gasteiger charge is -2.08. The second kappa shape index (κ2) is 5.45. The standard InChI is InChI=1S/C13H9ClFN5O/c1-8-2-3-9(15)6-10(8)21-13-18-11(14)17-12(19-13)20-5-4-16-7-20/h2-7H,1H3. The molecule has 0 saturated heterocycles. The van der Waals surface area contributed by atoms with Crippen LogP contribution in [0, 0.1) is 12.7 Å². The van der Waals surface area contributed by atoms with E-state index < -0.39 is 5.82 Å². The van der Waals surface area contributed by atoms with Crippen LogP contribution in [0.1, 0.15) is 5.56 Å². The zero-order valence-electron chi connectivity index (χ0n) is 10.9. The third-order valence-corrected chi connectivity index (χ3v) is 2.83. The van der Waals surface area contributed by atoms with Crippen LogP contribution in [-0.4, -0.2) is 24.5 Å². The quantitative estimate of drug-likeness (QED) is 0.744. The predicted octanol–water partition coefficient (Wildman–Crippen LogP) is 2.95. The second-order valence-electron chi connectivity index (χ2n) is 4.17. The lowest BCUT2D eigenvalue weighted by Crippen LogP contribution is -2.03. The van der Waals surface area contributed by atoms with Gasteiger partial charge in [-0.05, 0) is 30.2 Å². The topological polar surface area (TPSA) is 65.7 Å². The van der Waals surface area contributed by atoms with Crippen molar-refractivity contribution >= 4 is 11.6 Å². The molecule has 0 amide bonds. The number of aryl methyl sites for hydroxylation is 1. The van der Waals surface area contributed by atoms with E-state index in [0.29, 0.717) is 5.75 Å². The first-order valence-electron chi connectivity index (χ1n) is 5.96. The summed E-state index contributed by atoms with van der Waals surface area (Å²) in [6, 6.07) is 4.18. The second-order valence-corrected chi connectivity index (χ2v) is 4.51. The maximum atomic E-state index is 13.3. The average Bonchev–Trinajstić information content (AvgIpc) is 2.96. The van der Waals surface area contributed by atoms with Gasteiger partial charge in [-0.15, -0.1) is 0 Å². The largest absolute Gasteiger partial charge is 0.424 e. The molecule has 0 atom stereocenters. The summed E-state index contributed by atoms with van der Waals surface area (Å²) >= 11 is 5.85. The molecule has 0 aliphatic carbocycles. The number of rotatable bonds is 3. The maximum absolute atomic E-state index is 13.3. The van der Waals surface area contributed by atoms with Gasteiger partial charge in [0.1, 0.15) is 17.9 Å². The molecule has 0 aliphatic rings. The molecule has 2 aromatic heterocycles. The molecule has 3 aromatic rings. The van der Waals surface area contributed by atoms with Crippen LogP contribution in [0.3, 0.4) is 0 Å². The van der Waals surface area contributed by atoms with Crippen LogP contribution in [0.5, 0.6) is 11.8 Å². The highest BCUT2D eigenvalue weighted by molar-refractivity contribution is 6.28. The van der Waals surface area contributed by atoms with E-state index >= 15 is 0 Å². The molecular formula is C13H9ClFN5O. The van der Waals surface area contributed by atoms with Crippen LogP contribution >= 0.6 is 11.6 Å². The van der Waals surface area contributed by atoms with Crippen molar-refractivity contribution in [2.75, 3.05) is 0 Å². The summed E-state index contributed by atoms with van der Waals surface area (Å²) in [6.45, 7) is 1.79. The molecule has 0 spiro atoms. The fourth-order valence-corrected chi connectivity index (χ4v) is 1.79. The van der Waals surface area contributed by atoms with Crippen molar-refractivity contribution in [3.05, 3.63) is 53.6 Å². The van der Waals surface area contributed by atoms with Crippen molar-refractivity contribution < 1.29 is 9.13 Å². The molecule has 1 aromatic carbocycles. The maximum Gasteiger partial charge on any atom is 0.328 e. The van der Waals surface area contributed by atoms with E-state index in [1.807, 2.05) is 0 Å². The summed E-state index contributed by atoms with van der Waals surface area (Å²) < 4.78 is 20.3. The van der Waals surface area contributed by atoms with Crippen molar-refractivity contribution in [1.82, 2.24) is 24.5 Å². The number of ether oxygens (including phenoxy) is 1. The first kappa shape index (κ1) is 13.4. The van der Waals surface area contributed by atoms with Gasteiger partial charge in [0.15, 0.2) is 0 Å². The number of benzene rings is 1. The van der Waals surface area contributed by atoms with Crippen LogP contribution in [0.4, 0.5) is 4.39 Å². The Labute approximate surface area is 124 Å². The molecule has 0 aliphatic heterocycles. The Morgan fingerprint density at radius 3 is 2.86 bits per heavy atom. The molecular weight excluding hydrogens is 297 g/mol. The number of imidazole rings is 1. The number of nitrogens with zero attached hydrogens (tertiary/aromatic N) is 5. The highest BCUT2D eigenvalue weighted by atomic mass is 35.5. The molecule has 8 heteroatoms. The predicted molar refractivity (Wildman–Crippen MR) is 73.2 cm³/mol. The Hall–Kier alpha value is -2.54. The Kier molecular flexibility index (Phi) is 3.49. The fourth-order valence-electron chi connectivity index (χ4n) is 1.64. The van der Waals surface area contributed by atoms with Crippen molar-refractivity contribution in [2.45, 2.75) is 6.92 Å². The summed E-state index contributed by atoms with van der Waals surface area (Å²) in [7, 11) is 0. The van der Waals surface area contributed by atoms with Gasteiger partial charge < -0.3 is 4.74 Å². The van der Waals surface area contributed by atoms with Gasteiger partial charge in [-0.25, -0.2) is 9.37 Å². The van der Waals surface area contributed by atoms with Crippen molar-refractivity contribution in [1.29, 1.82) is 0 Å². The number of aromatic nitrogens is 5.